The minimum atomic E-state index is -0.539. The highest BCUT2D eigenvalue weighted by atomic mass is 32.1. The van der Waals surface area contributed by atoms with Gasteiger partial charge in [0.2, 0.25) is 0 Å². The summed E-state index contributed by atoms with van der Waals surface area (Å²) in [5.41, 5.74) is 6.18. The van der Waals surface area contributed by atoms with Crippen LogP contribution in [0.25, 0.3) is 0 Å². The van der Waals surface area contributed by atoms with E-state index >= 15 is 0 Å². The van der Waals surface area contributed by atoms with Gasteiger partial charge in [-0.05, 0) is 23.6 Å². The molecule has 0 spiro atoms. The van der Waals surface area contributed by atoms with Crippen LogP contribution >= 0.6 is 11.3 Å². The predicted molar refractivity (Wildman–Crippen MR) is 67.2 cm³/mol. The number of rotatable bonds is 3. The maximum Gasteiger partial charge on any atom is 0.260 e. The minimum Gasteiger partial charge on any atom is -0.365 e. The van der Waals surface area contributed by atoms with Crippen LogP contribution in [0.5, 0.6) is 0 Å². The Morgan fingerprint density at radius 2 is 1.82 bits per heavy atom. The minimum absolute atomic E-state index is 0.258. The Kier molecular flexibility index (Phi) is 3.20. The fourth-order valence-electron chi connectivity index (χ4n) is 1.38. The molecule has 0 unspecified atom stereocenters. The van der Waals surface area contributed by atoms with Gasteiger partial charge < -0.3 is 11.1 Å². The molecule has 0 radical (unpaired) electrons. The van der Waals surface area contributed by atoms with E-state index in [1.54, 1.807) is 35.7 Å². The summed E-state index contributed by atoms with van der Waals surface area (Å²) in [6, 6.07) is 10.4. The molecule has 0 aliphatic rings. The highest BCUT2D eigenvalue weighted by Crippen LogP contribution is 2.22. The smallest absolute Gasteiger partial charge is 0.260 e. The van der Waals surface area contributed by atoms with Crippen molar-refractivity contribution in [2.75, 3.05) is 5.32 Å². The van der Waals surface area contributed by atoms with E-state index in [1.807, 2.05) is 6.07 Å². The van der Waals surface area contributed by atoms with Crippen molar-refractivity contribution in [3.05, 3.63) is 52.2 Å². The van der Waals surface area contributed by atoms with Crippen LogP contribution < -0.4 is 11.1 Å². The molecule has 1 aromatic heterocycles. The topological polar surface area (TPSA) is 72.2 Å². The molecule has 5 heteroatoms. The Morgan fingerprint density at radius 1 is 1.12 bits per heavy atom. The van der Waals surface area contributed by atoms with Gasteiger partial charge in [0, 0.05) is 5.56 Å². The Bertz CT molecular complexity index is 549. The fraction of sp³-hybridized carbons (Fsp3) is 0. The van der Waals surface area contributed by atoms with Crippen molar-refractivity contribution in [3.8, 4) is 0 Å². The van der Waals surface area contributed by atoms with Crippen LogP contribution in [0.4, 0.5) is 5.69 Å². The molecule has 1 heterocycles. The second kappa shape index (κ2) is 4.80. The zero-order chi connectivity index (χ0) is 12.3. The largest absolute Gasteiger partial charge is 0.365 e. The molecule has 4 nitrogen and oxygen atoms in total. The second-order valence-electron chi connectivity index (χ2n) is 3.35. The molecule has 0 atom stereocenters. The summed E-state index contributed by atoms with van der Waals surface area (Å²) >= 11 is 1.21. The van der Waals surface area contributed by atoms with Gasteiger partial charge in [-0.15, -0.1) is 11.3 Å². The van der Waals surface area contributed by atoms with Crippen LogP contribution in [0.1, 0.15) is 20.0 Å². The molecule has 0 bridgehead atoms. The van der Waals surface area contributed by atoms with Gasteiger partial charge in [0.1, 0.15) is 4.88 Å². The van der Waals surface area contributed by atoms with Crippen molar-refractivity contribution in [1.29, 1.82) is 0 Å². The van der Waals surface area contributed by atoms with Gasteiger partial charge in [-0.1, -0.05) is 18.2 Å². The van der Waals surface area contributed by atoms with Gasteiger partial charge in [-0.3, -0.25) is 9.59 Å². The lowest BCUT2D eigenvalue weighted by Crippen LogP contribution is -2.16. The third-order valence-electron chi connectivity index (χ3n) is 2.17. The first kappa shape index (κ1) is 11.3. The van der Waals surface area contributed by atoms with E-state index in [0.717, 1.165) is 0 Å². The number of nitrogens with one attached hydrogen (secondary N) is 1. The molecule has 86 valence electrons. The molecule has 3 N–H and O–H groups in total. The maximum absolute atomic E-state index is 11.8. The van der Waals surface area contributed by atoms with E-state index in [0.29, 0.717) is 16.1 Å². The van der Waals surface area contributed by atoms with Crippen LogP contribution in [0.2, 0.25) is 0 Å². The average Bonchev–Trinajstić information content (AvgIpc) is 2.78. The highest BCUT2D eigenvalue weighted by Gasteiger charge is 2.13. The number of nitrogens with two attached hydrogens (primary N) is 1. The lowest BCUT2D eigenvalue weighted by atomic mass is 10.2. The standard InChI is InChI=1S/C12H10N2O2S/c13-11(15)10-9(6-7-17-10)14-12(16)8-4-2-1-3-5-8/h1-7H,(H2,13,15)(H,14,16). The van der Waals surface area contributed by atoms with E-state index in [4.69, 9.17) is 5.73 Å². The van der Waals surface area contributed by atoms with E-state index in [9.17, 15) is 9.59 Å². The molecule has 2 aromatic rings. The normalized spacial score (nSPS) is 9.88. The van der Waals surface area contributed by atoms with Crippen molar-refractivity contribution >= 4 is 28.8 Å². The van der Waals surface area contributed by atoms with Crippen molar-refractivity contribution in [1.82, 2.24) is 0 Å². The predicted octanol–water partition coefficient (Wildman–Crippen LogP) is 2.10. The summed E-state index contributed by atoms with van der Waals surface area (Å²) in [5.74, 6) is -0.796. The highest BCUT2D eigenvalue weighted by molar-refractivity contribution is 7.12. The molecule has 2 rings (SSSR count). The Labute approximate surface area is 102 Å². The maximum atomic E-state index is 11.8. The first-order valence-electron chi connectivity index (χ1n) is 4.92. The number of hydrogen-bond acceptors (Lipinski definition) is 3. The molecule has 0 saturated carbocycles. The summed E-state index contributed by atoms with van der Waals surface area (Å²) in [5, 5.41) is 4.37. The Morgan fingerprint density at radius 3 is 2.47 bits per heavy atom. The molecule has 0 fully saturated rings. The number of primary amides is 1. The first-order chi connectivity index (χ1) is 8.18. The van der Waals surface area contributed by atoms with Crippen LogP contribution in [-0.2, 0) is 0 Å². The second-order valence-corrected chi connectivity index (χ2v) is 4.26. The van der Waals surface area contributed by atoms with Gasteiger partial charge in [0.25, 0.3) is 11.8 Å². The van der Waals surface area contributed by atoms with Gasteiger partial charge in [0.05, 0.1) is 5.69 Å². The van der Waals surface area contributed by atoms with Crippen LogP contribution in [0.3, 0.4) is 0 Å². The number of benzene rings is 1. The number of carbonyl (C=O) groups is 2. The number of amides is 2. The Balaban J connectivity index is 2.19. The molecule has 2 amide bonds. The van der Waals surface area contributed by atoms with E-state index in [2.05, 4.69) is 5.32 Å². The quantitative estimate of drug-likeness (QED) is 0.870. The molecular weight excluding hydrogens is 236 g/mol. The summed E-state index contributed by atoms with van der Waals surface area (Å²) in [4.78, 5) is 23.3. The summed E-state index contributed by atoms with van der Waals surface area (Å²) in [7, 11) is 0. The van der Waals surface area contributed by atoms with Crippen molar-refractivity contribution < 1.29 is 9.59 Å². The monoisotopic (exact) mass is 246 g/mol. The molecule has 0 saturated heterocycles. The van der Waals surface area contributed by atoms with Crippen LogP contribution in [-0.4, -0.2) is 11.8 Å². The van der Waals surface area contributed by atoms with Crippen molar-refractivity contribution in [2.24, 2.45) is 5.73 Å². The molecular formula is C12H10N2O2S. The fourth-order valence-corrected chi connectivity index (χ4v) is 2.08. The van der Waals surface area contributed by atoms with E-state index in [1.165, 1.54) is 11.3 Å². The van der Waals surface area contributed by atoms with Crippen molar-refractivity contribution in [3.63, 3.8) is 0 Å². The SMILES string of the molecule is NC(=O)c1sccc1NC(=O)c1ccccc1. The van der Waals surface area contributed by atoms with Gasteiger partial charge in [-0.25, -0.2) is 0 Å². The van der Waals surface area contributed by atoms with Crippen LogP contribution in [0.15, 0.2) is 41.8 Å². The van der Waals surface area contributed by atoms with Gasteiger partial charge >= 0.3 is 0 Å². The number of anilines is 1. The van der Waals surface area contributed by atoms with Gasteiger partial charge in [0.15, 0.2) is 0 Å². The number of carbonyl (C=O) groups excluding carboxylic acids is 2. The first-order valence-corrected chi connectivity index (χ1v) is 5.80. The summed E-state index contributed by atoms with van der Waals surface area (Å²) < 4.78 is 0. The number of thiophene rings is 1. The van der Waals surface area contributed by atoms with E-state index in [-0.39, 0.29) is 5.91 Å². The third-order valence-corrected chi connectivity index (χ3v) is 3.10. The molecule has 1 aromatic carbocycles. The third kappa shape index (κ3) is 2.51. The average molecular weight is 246 g/mol. The van der Waals surface area contributed by atoms with E-state index < -0.39 is 5.91 Å². The number of hydrogen-bond donors (Lipinski definition) is 2. The zero-order valence-electron chi connectivity index (χ0n) is 8.84. The lowest BCUT2D eigenvalue weighted by Gasteiger charge is -2.04. The summed E-state index contributed by atoms with van der Waals surface area (Å²) in [6.07, 6.45) is 0. The van der Waals surface area contributed by atoms with Gasteiger partial charge in [-0.2, -0.15) is 0 Å². The molecule has 0 aliphatic heterocycles. The Hall–Kier alpha value is -2.14. The molecule has 17 heavy (non-hydrogen) atoms. The van der Waals surface area contributed by atoms with Crippen molar-refractivity contribution in [2.45, 2.75) is 0 Å². The zero-order valence-corrected chi connectivity index (χ0v) is 9.66. The lowest BCUT2D eigenvalue weighted by molar-refractivity contribution is 0.100. The molecule has 0 aliphatic carbocycles. The van der Waals surface area contributed by atoms with Crippen LogP contribution in [0, 0.1) is 0 Å². The summed E-state index contributed by atoms with van der Waals surface area (Å²) in [6.45, 7) is 0.